The highest BCUT2D eigenvalue weighted by Gasteiger charge is 2.32. The highest BCUT2D eigenvalue weighted by molar-refractivity contribution is 7.91. The van der Waals surface area contributed by atoms with Crippen molar-refractivity contribution in [2.75, 3.05) is 12.9 Å². The number of rotatable bonds is 6. The van der Waals surface area contributed by atoms with Crippen molar-refractivity contribution in [2.45, 2.75) is 57.4 Å². The van der Waals surface area contributed by atoms with Crippen LogP contribution >= 0.6 is 0 Å². The minimum absolute atomic E-state index is 0.0412. The summed E-state index contributed by atoms with van der Waals surface area (Å²) in [5.41, 5.74) is 2.25. The number of nitrogens with one attached hydrogen (secondary N) is 1. The second-order valence-electron chi connectivity index (χ2n) is 6.18. The first kappa shape index (κ1) is 17.3. The molecule has 0 spiro atoms. The number of aryl methyl sites for hydroxylation is 1. The Hall–Kier alpha value is -1.07. The summed E-state index contributed by atoms with van der Waals surface area (Å²) in [5, 5.41) is 3.19. The molecule has 22 heavy (non-hydrogen) atoms. The lowest BCUT2D eigenvalue weighted by molar-refractivity contribution is 0.330. The van der Waals surface area contributed by atoms with Gasteiger partial charge in [-0.25, -0.2) is 8.42 Å². The van der Waals surface area contributed by atoms with E-state index in [1.54, 1.807) is 0 Å². The lowest BCUT2D eigenvalue weighted by Gasteiger charge is -2.31. The van der Waals surface area contributed by atoms with Crippen LogP contribution in [0, 0.1) is 6.92 Å². The van der Waals surface area contributed by atoms with Gasteiger partial charge in [-0.05, 0) is 38.3 Å². The van der Waals surface area contributed by atoms with Crippen molar-refractivity contribution in [3.8, 4) is 5.75 Å². The second-order valence-corrected chi connectivity index (χ2v) is 8.45. The average molecular weight is 325 g/mol. The first-order valence-electron chi connectivity index (χ1n) is 8.06. The van der Waals surface area contributed by atoms with Gasteiger partial charge in [0.2, 0.25) is 0 Å². The van der Waals surface area contributed by atoms with Crippen LogP contribution < -0.4 is 10.1 Å². The fourth-order valence-corrected chi connectivity index (χ4v) is 4.61. The minimum atomic E-state index is -3.00. The molecule has 2 unspecified atom stereocenters. The maximum atomic E-state index is 12.0. The fourth-order valence-electron chi connectivity index (χ4n) is 3.18. The summed E-state index contributed by atoms with van der Waals surface area (Å²) < 4.78 is 29.6. The zero-order valence-corrected chi connectivity index (χ0v) is 14.6. The zero-order valence-electron chi connectivity index (χ0n) is 13.8. The lowest BCUT2D eigenvalue weighted by atomic mass is 9.94. The molecule has 0 amide bonds. The molecule has 1 aromatic carbocycles. The van der Waals surface area contributed by atoms with E-state index in [1.165, 1.54) is 11.8 Å². The van der Waals surface area contributed by atoms with Crippen molar-refractivity contribution in [3.05, 3.63) is 29.3 Å². The number of ether oxygens (including phenoxy) is 1. The summed E-state index contributed by atoms with van der Waals surface area (Å²) in [6.07, 6.45) is 5.14. The van der Waals surface area contributed by atoms with Gasteiger partial charge in [-0.3, -0.25) is 0 Å². The van der Waals surface area contributed by atoms with E-state index in [-0.39, 0.29) is 11.3 Å². The van der Waals surface area contributed by atoms with Crippen LogP contribution in [0.5, 0.6) is 5.75 Å². The number of benzene rings is 1. The summed E-state index contributed by atoms with van der Waals surface area (Å²) in [4.78, 5) is 0. The molecule has 1 aliphatic rings. The van der Waals surface area contributed by atoms with Crippen LogP contribution in [-0.4, -0.2) is 32.6 Å². The predicted molar refractivity (Wildman–Crippen MR) is 90.1 cm³/mol. The van der Waals surface area contributed by atoms with E-state index in [0.717, 1.165) is 37.0 Å². The minimum Gasteiger partial charge on any atom is -0.494 e. The number of sulfone groups is 1. The molecule has 0 aliphatic heterocycles. The zero-order chi connectivity index (χ0) is 16.2. The fraction of sp³-hybridized carbons (Fsp3) is 0.647. The molecule has 1 fully saturated rings. The van der Waals surface area contributed by atoms with E-state index in [2.05, 4.69) is 17.4 Å². The van der Waals surface area contributed by atoms with E-state index >= 15 is 0 Å². The normalized spacial score (nSPS) is 22.5. The van der Waals surface area contributed by atoms with Crippen LogP contribution in [0.1, 0.15) is 43.7 Å². The smallest absolute Gasteiger partial charge is 0.151 e. The van der Waals surface area contributed by atoms with Crippen molar-refractivity contribution >= 4 is 9.84 Å². The van der Waals surface area contributed by atoms with E-state index in [4.69, 9.17) is 4.74 Å². The molecule has 2 atom stereocenters. The monoisotopic (exact) mass is 325 g/mol. The van der Waals surface area contributed by atoms with Gasteiger partial charge >= 0.3 is 0 Å². The Morgan fingerprint density at radius 3 is 2.68 bits per heavy atom. The molecule has 1 aliphatic carbocycles. The van der Waals surface area contributed by atoms with Crippen molar-refractivity contribution in [1.29, 1.82) is 0 Å². The molecular weight excluding hydrogens is 298 g/mol. The standard InChI is InChI=1S/C17H27NO3S/c1-4-21-16-11-13(2)9-10-14(16)12-18-15-7-5-6-8-17(15)22(3,19)20/h9-11,15,17-18H,4-8,12H2,1-3H3. The van der Waals surface area contributed by atoms with E-state index in [1.807, 2.05) is 19.9 Å². The predicted octanol–water partition coefficient (Wildman–Crippen LogP) is 2.84. The molecule has 1 aromatic rings. The third-order valence-electron chi connectivity index (χ3n) is 4.33. The topological polar surface area (TPSA) is 55.4 Å². The Bertz CT molecular complexity index is 598. The average Bonchev–Trinajstić information content (AvgIpc) is 2.46. The molecule has 4 nitrogen and oxygen atoms in total. The summed E-state index contributed by atoms with van der Waals surface area (Å²) in [6, 6.07) is 6.20. The SMILES string of the molecule is CCOc1cc(C)ccc1CNC1CCCCC1S(C)(=O)=O. The van der Waals surface area contributed by atoms with Crippen LogP contribution in [0.15, 0.2) is 18.2 Å². The molecule has 124 valence electrons. The Labute approximate surface area is 134 Å². The van der Waals surface area contributed by atoms with E-state index < -0.39 is 9.84 Å². The van der Waals surface area contributed by atoms with Crippen molar-refractivity contribution in [2.24, 2.45) is 0 Å². The summed E-state index contributed by atoms with van der Waals surface area (Å²) in [6.45, 7) is 5.29. The second kappa shape index (κ2) is 7.47. The van der Waals surface area contributed by atoms with Crippen LogP contribution in [0.25, 0.3) is 0 Å². The number of hydrogen-bond acceptors (Lipinski definition) is 4. The van der Waals surface area contributed by atoms with Gasteiger partial charge in [0, 0.05) is 24.4 Å². The molecule has 0 heterocycles. The molecular formula is C17H27NO3S. The third kappa shape index (κ3) is 4.46. The molecule has 1 saturated carbocycles. The van der Waals surface area contributed by atoms with Crippen LogP contribution in [0.2, 0.25) is 0 Å². The quantitative estimate of drug-likeness (QED) is 0.874. The van der Waals surface area contributed by atoms with Gasteiger partial charge in [0.05, 0.1) is 11.9 Å². The highest BCUT2D eigenvalue weighted by Crippen LogP contribution is 2.26. The van der Waals surface area contributed by atoms with Gasteiger partial charge in [-0.15, -0.1) is 0 Å². The van der Waals surface area contributed by atoms with Gasteiger partial charge in [0.15, 0.2) is 9.84 Å². The van der Waals surface area contributed by atoms with Gasteiger partial charge in [0.1, 0.15) is 5.75 Å². The lowest BCUT2D eigenvalue weighted by Crippen LogP contribution is -2.45. The van der Waals surface area contributed by atoms with Crippen LogP contribution in [0.4, 0.5) is 0 Å². The summed E-state index contributed by atoms with van der Waals surface area (Å²) >= 11 is 0. The first-order chi connectivity index (χ1) is 10.4. The Morgan fingerprint density at radius 2 is 2.00 bits per heavy atom. The Balaban J connectivity index is 2.08. The van der Waals surface area contributed by atoms with E-state index in [0.29, 0.717) is 13.2 Å². The molecule has 0 saturated heterocycles. The van der Waals surface area contributed by atoms with Crippen LogP contribution in [-0.2, 0) is 16.4 Å². The van der Waals surface area contributed by atoms with Crippen molar-refractivity contribution in [1.82, 2.24) is 5.32 Å². The Morgan fingerprint density at radius 1 is 1.27 bits per heavy atom. The van der Waals surface area contributed by atoms with Crippen LogP contribution in [0.3, 0.4) is 0 Å². The van der Waals surface area contributed by atoms with Crippen molar-refractivity contribution < 1.29 is 13.2 Å². The van der Waals surface area contributed by atoms with Gasteiger partial charge in [-0.1, -0.05) is 25.0 Å². The highest BCUT2D eigenvalue weighted by atomic mass is 32.2. The largest absolute Gasteiger partial charge is 0.494 e. The van der Waals surface area contributed by atoms with Crippen molar-refractivity contribution in [3.63, 3.8) is 0 Å². The molecule has 0 radical (unpaired) electrons. The number of hydrogen-bond donors (Lipinski definition) is 1. The molecule has 0 aromatic heterocycles. The third-order valence-corrected chi connectivity index (χ3v) is 5.99. The summed E-state index contributed by atoms with van der Waals surface area (Å²) in [5.74, 6) is 0.890. The van der Waals surface area contributed by atoms with E-state index in [9.17, 15) is 8.42 Å². The molecule has 2 rings (SSSR count). The van der Waals surface area contributed by atoms with Gasteiger partial charge in [-0.2, -0.15) is 0 Å². The summed E-state index contributed by atoms with van der Waals surface area (Å²) in [7, 11) is -3.00. The maximum Gasteiger partial charge on any atom is 0.151 e. The first-order valence-corrected chi connectivity index (χ1v) is 10.0. The maximum absolute atomic E-state index is 12.0. The molecule has 5 heteroatoms. The molecule has 1 N–H and O–H groups in total. The van der Waals surface area contributed by atoms with Gasteiger partial charge in [0.25, 0.3) is 0 Å². The van der Waals surface area contributed by atoms with Gasteiger partial charge < -0.3 is 10.1 Å². The Kier molecular flexibility index (Phi) is 5.87. The molecule has 0 bridgehead atoms.